The fourth-order valence-electron chi connectivity index (χ4n) is 3.84. The Balaban J connectivity index is 1.36. The summed E-state index contributed by atoms with van der Waals surface area (Å²) in [6.45, 7) is 2.88. The minimum atomic E-state index is 0.0344. The highest BCUT2D eigenvalue weighted by atomic mass is 35.5. The number of benzene rings is 2. The Hall–Kier alpha value is -3.45. The zero-order chi connectivity index (χ0) is 21.2. The number of carbonyl (C=O) groups is 1. The van der Waals surface area contributed by atoms with E-state index in [1.54, 1.807) is 28.8 Å². The molecule has 0 spiro atoms. The van der Waals surface area contributed by atoms with Crippen molar-refractivity contribution in [2.24, 2.45) is 0 Å². The average molecular weight is 433 g/mol. The van der Waals surface area contributed by atoms with Crippen LogP contribution in [-0.4, -0.2) is 56.8 Å². The van der Waals surface area contributed by atoms with Crippen molar-refractivity contribution in [3.8, 4) is 11.4 Å². The van der Waals surface area contributed by atoms with Crippen molar-refractivity contribution in [3.05, 3.63) is 77.3 Å². The maximum Gasteiger partial charge on any atom is 0.253 e. The number of aromatic nitrogens is 4. The van der Waals surface area contributed by atoms with Crippen LogP contribution in [0.3, 0.4) is 0 Å². The van der Waals surface area contributed by atoms with E-state index in [1.165, 1.54) is 0 Å². The SMILES string of the molecule is O=C(c1ccc(Cl)cc1)N1CCCN(c2ccc3nnc(-c4ccccc4)n3n2)CC1. The second-order valence-electron chi connectivity index (χ2n) is 7.49. The van der Waals surface area contributed by atoms with Gasteiger partial charge in [0.1, 0.15) is 5.82 Å². The van der Waals surface area contributed by atoms with Gasteiger partial charge in [-0.15, -0.1) is 15.3 Å². The van der Waals surface area contributed by atoms with Gasteiger partial charge in [0, 0.05) is 42.3 Å². The fraction of sp³-hybridized carbons (Fsp3) is 0.217. The molecule has 1 saturated heterocycles. The molecule has 0 aliphatic carbocycles. The number of anilines is 1. The third kappa shape index (κ3) is 3.96. The van der Waals surface area contributed by atoms with E-state index in [9.17, 15) is 4.79 Å². The van der Waals surface area contributed by atoms with Crippen molar-refractivity contribution in [3.63, 3.8) is 0 Å². The molecule has 7 nitrogen and oxygen atoms in total. The lowest BCUT2D eigenvalue weighted by Crippen LogP contribution is -2.35. The lowest BCUT2D eigenvalue weighted by Gasteiger charge is -2.23. The molecule has 1 fully saturated rings. The first kappa shape index (κ1) is 19.5. The summed E-state index contributed by atoms with van der Waals surface area (Å²) < 4.78 is 1.78. The van der Waals surface area contributed by atoms with E-state index < -0.39 is 0 Å². The molecule has 3 heterocycles. The van der Waals surface area contributed by atoms with Crippen molar-refractivity contribution in [2.75, 3.05) is 31.1 Å². The summed E-state index contributed by atoms with van der Waals surface area (Å²) in [6, 6.07) is 20.9. The van der Waals surface area contributed by atoms with Crippen molar-refractivity contribution in [1.29, 1.82) is 0 Å². The summed E-state index contributed by atoms with van der Waals surface area (Å²) in [5.74, 6) is 1.60. The first-order chi connectivity index (χ1) is 15.2. The maximum atomic E-state index is 12.9. The molecule has 0 atom stereocenters. The van der Waals surface area contributed by atoms with Crippen LogP contribution < -0.4 is 4.90 Å². The summed E-state index contributed by atoms with van der Waals surface area (Å²) in [7, 11) is 0. The van der Waals surface area contributed by atoms with Crippen LogP contribution in [0.15, 0.2) is 66.7 Å². The largest absolute Gasteiger partial charge is 0.353 e. The number of amides is 1. The molecule has 5 rings (SSSR count). The molecule has 0 saturated carbocycles. The molecule has 1 aliphatic rings. The van der Waals surface area contributed by atoms with E-state index in [2.05, 4.69) is 15.1 Å². The topological polar surface area (TPSA) is 66.6 Å². The number of carbonyl (C=O) groups excluding carboxylic acids is 1. The van der Waals surface area contributed by atoms with Gasteiger partial charge in [-0.25, -0.2) is 0 Å². The first-order valence-electron chi connectivity index (χ1n) is 10.3. The smallest absolute Gasteiger partial charge is 0.253 e. The Labute approximate surface area is 184 Å². The highest BCUT2D eigenvalue weighted by molar-refractivity contribution is 6.30. The Bertz CT molecular complexity index is 1210. The van der Waals surface area contributed by atoms with Crippen LogP contribution in [0.4, 0.5) is 5.82 Å². The second kappa shape index (κ2) is 8.35. The van der Waals surface area contributed by atoms with Gasteiger partial charge in [-0.3, -0.25) is 4.79 Å². The van der Waals surface area contributed by atoms with E-state index in [1.807, 2.05) is 47.4 Å². The summed E-state index contributed by atoms with van der Waals surface area (Å²) in [6.07, 6.45) is 0.868. The molecule has 2 aromatic heterocycles. The highest BCUT2D eigenvalue weighted by Crippen LogP contribution is 2.21. The Morgan fingerprint density at radius 2 is 1.65 bits per heavy atom. The second-order valence-corrected chi connectivity index (χ2v) is 7.93. The van der Waals surface area contributed by atoms with Gasteiger partial charge in [0.2, 0.25) is 0 Å². The predicted molar refractivity (Wildman–Crippen MR) is 120 cm³/mol. The third-order valence-electron chi connectivity index (χ3n) is 5.48. The van der Waals surface area contributed by atoms with E-state index in [0.717, 1.165) is 24.3 Å². The van der Waals surface area contributed by atoms with Gasteiger partial charge in [-0.05, 0) is 42.8 Å². The third-order valence-corrected chi connectivity index (χ3v) is 5.73. The molecule has 2 aromatic carbocycles. The number of rotatable bonds is 3. The van der Waals surface area contributed by atoms with Gasteiger partial charge in [-0.1, -0.05) is 41.9 Å². The minimum Gasteiger partial charge on any atom is -0.353 e. The highest BCUT2D eigenvalue weighted by Gasteiger charge is 2.22. The van der Waals surface area contributed by atoms with Crippen LogP contribution in [0.2, 0.25) is 5.02 Å². The van der Waals surface area contributed by atoms with Crippen LogP contribution in [0.1, 0.15) is 16.8 Å². The van der Waals surface area contributed by atoms with Crippen LogP contribution in [0, 0.1) is 0 Å². The zero-order valence-electron chi connectivity index (χ0n) is 16.9. The van der Waals surface area contributed by atoms with Crippen molar-refractivity contribution in [2.45, 2.75) is 6.42 Å². The van der Waals surface area contributed by atoms with Gasteiger partial charge in [0.15, 0.2) is 11.5 Å². The standard InChI is InChI=1S/C23H21ClN6O/c24-19-9-7-18(8-10-19)23(31)29-14-4-13-28(15-16-29)21-12-11-20-25-26-22(30(20)27-21)17-5-2-1-3-6-17/h1-3,5-12H,4,13-16H2. The lowest BCUT2D eigenvalue weighted by molar-refractivity contribution is 0.0767. The first-order valence-corrected chi connectivity index (χ1v) is 10.6. The number of hydrogen-bond donors (Lipinski definition) is 0. The predicted octanol–water partition coefficient (Wildman–Crippen LogP) is 3.80. The summed E-state index contributed by atoms with van der Waals surface area (Å²) >= 11 is 5.95. The molecule has 31 heavy (non-hydrogen) atoms. The van der Waals surface area contributed by atoms with Crippen molar-refractivity contribution < 1.29 is 4.79 Å². The van der Waals surface area contributed by atoms with E-state index in [4.69, 9.17) is 16.7 Å². The molecule has 0 N–H and O–H groups in total. The van der Waals surface area contributed by atoms with Crippen molar-refractivity contribution in [1.82, 2.24) is 24.7 Å². The summed E-state index contributed by atoms with van der Waals surface area (Å²) in [5.41, 5.74) is 2.33. The number of hydrogen-bond acceptors (Lipinski definition) is 5. The lowest BCUT2D eigenvalue weighted by atomic mass is 10.2. The Kier molecular flexibility index (Phi) is 5.26. The van der Waals surface area contributed by atoms with Gasteiger partial charge in [0.05, 0.1) is 0 Å². The molecule has 1 amide bonds. The molecule has 0 radical (unpaired) electrons. The fourth-order valence-corrected chi connectivity index (χ4v) is 3.97. The van der Waals surface area contributed by atoms with Crippen molar-refractivity contribution >= 4 is 29.0 Å². The molecular formula is C23H21ClN6O. The van der Waals surface area contributed by atoms with Crippen LogP contribution in [0.5, 0.6) is 0 Å². The number of nitrogens with zero attached hydrogens (tertiary/aromatic N) is 6. The summed E-state index contributed by atoms with van der Waals surface area (Å²) in [5, 5.41) is 14.0. The van der Waals surface area contributed by atoms with Gasteiger partial charge in [0.25, 0.3) is 5.91 Å². The van der Waals surface area contributed by atoms with Crippen LogP contribution >= 0.6 is 11.6 Å². The molecule has 4 aromatic rings. The van der Waals surface area contributed by atoms with Gasteiger partial charge < -0.3 is 9.80 Å². The normalized spacial score (nSPS) is 14.6. The van der Waals surface area contributed by atoms with Gasteiger partial charge >= 0.3 is 0 Å². The van der Waals surface area contributed by atoms with E-state index in [0.29, 0.717) is 41.7 Å². The zero-order valence-corrected chi connectivity index (χ0v) is 17.6. The molecule has 0 unspecified atom stereocenters. The molecular weight excluding hydrogens is 412 g/mol. The molecule has 156 valence electrons. The molecule has 1 aliphatic heterocycles. The monoisotopic (exact) mass is 432 g/mol. The van der Waals surface area contributed by atoms with Gasteiger partial charge in [-0.2, -0.15) is 4.52 Å². The minimum absolute atomic E-state index is 0.0344. The maximum absolute atomic E-state index is 12.9. The van der Waals surface area contributed by atoms with E-state index in [-0.39, 0.29) is 5.91 Å². The number of halogens is 1. The Morgan fingerprint density at radius 1 is 0.839 bits per heavy atom. The molecule has 0 bridgehead atoms. The Morgan fingerprint density at radius 3 is 2.45 bits per heavy atom. The number of fused-ring (bicyclic) bond motifs is 1. The summed E-state index contributed by atoms with van der Waals surface area (Å²) in [4.78, 5) is 17.0. The van der Waals surface area contributed by atoms with E-state index >= 15 is 0 Å². The molecule has 8 heteroatoms. The van der Waals surface area contributed by atoms with Crippen LogP contribution in [-0.2, 0) is 0 Å². The quantitative estimate of drug-likeness (QED) is 0.492. The van der Waals surface area contributed by atoms with Crippen LogP contribution in [0.25, 0.3) is 17.0 Å². The average Bonchev–Trinajstić information content (AvgIpc) is 3.07.